The van der Waals surface area contributed by atoms with E-state index in [1.165, 1.54) is 0 Å². The van der Waals surface area contributed by atoms with Gasteiger partial charge >= 0.3 is 0 Å². The average Bonchev–Trinajstić information content (AvgIpc) is 2.39. The van der Waals surface area contributed by atoms with E-state index < -0.39 is 10.2 Å². The van der Waals surface area contributed by atoms with E-state index in [1.807, 2.05) is 7.05 Å². The van der Waals surface area contributed by atoms with Gasteiger partial charge in [0.2, 0.25) is 0 Å². The van der Waals surface area contributed by atoms with Crippen molar-refractivity contribution in [1.29, 1.82) is 0 Å². The van der Waals surface area contributed by atoms with Gasteiger partial charge in [-0.1, -0.05) is 0 Å². The highest BCUT2D eigenvalue weighted by atomic mass is 32.2. The van der Waals surface area contributed by atoms with Crippen LogP contribution in [0.2, 0.25) is 0 Å². The first-order valence-corrected chi connectivity index (χ1v) is 8.42. The van der Waals surface area contributed by atoms with Crippen LogP contribution >= 0.6 is 0 Å². The van der Waals surface area contributed by atoms with Crippen LogP contribution in [0.3, 0.4) is 0 Å². The van der Waals surface area contributed by atoms with Gasteiger partial charge in [-0.05, 0) is 45.2 Å². The lowest BCUT2D eigenvalue weighted by Crippen LogP contribution is -2.46. The molecule has 0 aromatic heterocycles. The van der Waals surface area contributed by atoms with Crippen molar-refractivity contribution in [2.45, 2.75) is 25.7 Å². The summed E-state index contributed by atoms with van der Waals surface area (Å²) in [7, 11) is 0.301. The van der Waals surface area contributed by atoms with Gasteiger partial charge in [-0.25, -0.2) is 4.72 Å². The molecule has 6 nitrogen and oxygen atoms in total. The Morgan fingerprint density at radius 1 is 1.26 bits per heavy atom. The third-order valence-electron chi connectivity index (χ3n) is 3.47. The molecule has 19 heavy (non-hydrogen) atoms. The summed E-state index contributed by atoms with van der Waals surface area (Å²) in [6, 6.07) is 0. The molecule has 114 valence electrons. The molecule has 0 atom stereocenters. The average molecular weight is 293 g/mol. The molecule has 1 saturated heterocycles. The highest BCUT2D eigenvalue weighted by Gasteiger charge is 2.26. The molecule has 1 rings (SSSR count). The van der Waals surface area contributed by atoms with Crippen molar-refractivity contribution in [1.82, 2.24) is 14.3 Å². The van der Waals surface area contributed by atoms with E-state index in [-0.39, 0.29) is 0 Å². The van der Waals surface area contributed by atoms with Gasteiger partial charge in [0.15, 0.2) is 0 Å². The molecule has 0 bridgehead atoms. The minimum atomic E-state index is -3.29. The molecule has 1 fully saturated rings. The summed E-state index contributed by atoms with van der Waals surface area (Å²) in [6.45, 7) is 3.39. The van der Waals surface area contributed by atoms with Crippen LogP contribution in [0, 0.1) is 5.92 Å². The van der Waals surface area contributed by atoms with Crippen molar-refractivity contribution in [2.24, 2.45) is 5.92 Å². The van der Waals surface area contributed by atoms with Crippen LogP contribution in [0.1, 0.15) is 25.7 Å². The Morgan fingerprint density at radius 3 is 2.53 bits per heavy atom. The Labute approximate surface area is 117 Å². The van der Waals surface area contributed by atoms with Crippen LogP contribution in [-0.4, -0.2) is 59.7 Å². The molecule has 0 saturated carbocycles. The van der Waals surface area contributed by atoms with Crippen LogP contribution in [0.5, 0.6) is 0 Å². The zero-order valence-corrected chi connectivity index (χ0v) is 12.8. The summed E-state index contributed by atoms with van der Waals surface area (Å²) in [6.07, 6.45) is 3.56. The predicted octanol–water partition coefficient (Wildman–Crippen LogP) is 0.179. The number of hydrogen-bond donors (Lipinski definition) is 2. The standard InChI is InChI=1S/C12H27N3O3S/c1-13-11-12-5-8-15(9-6-12)19(16,17)14-7-3-4-10-18-2/h12-14H,3-11H2,1-2H3. The molecule has 0 aromatic carbocycles. The second kappa shape index (κ2) is 8.86. The van der Waals surface area contributed by atoms with Crippen molar-refractivity contribution >= 4 is 10.2 Å². The van der Waals surface area contributed by atoms with Crippen LogP contribution in [-0.2, 0) is 14.9 Å². The van der Waals surface area contributed by atoms with E-state index in [0.717, 1.165) is 32.2 Å². The summed E-state index contributed by atoms with van der Waals surface area (Å²) in [5.41, 5.74) is 0. The highest BCUT2D eigenvalue weighted by Crippen LogP contribution is 2.18. The highest BCUT2D eigenvalue weighted by molar-refractivity contribution is 7.87. The monoisotopic (exact) mass is 293 g/mol. The molecule has 1 aliphatic heterocycles. The molecule has 1 aliphatic rings. The summed E-state index contributed by atoms with van der Waals surface area (Å²) in [4.78, 5) is 0. The summed E-state index contributed by atoms with van der Waals surface area (Å²) in [5, 5.41) is 3.15. The van der Waals surface area contributed by atoms with Gasteiger partial charge in [-0.3, -0.25) is 0 Å². The molecule has 0 amide bonds. The minimum Gasteiger partial charge on any atom is -0.385 e. The summed E-state index contributed by atoms with van der Waals surface area (Å²) >= 11 is 0. The molecule has 0 aromatic rings. The Bertz CT molecular complexity index is 327. The quantitative estimate of drug-likeness (QED) is 0.595. The molecular formula is C12H27N3O3S. The Hall–Kier alpha value is -0.210. The van der Waals surface area contributed by atoms with Crippen molar-refractivity contribution in [3.8, 4) is 0 Å². The predicted molar refractivity (Wildman–Crippen MR) is 76.3 cm³/mol. The van der Waals surface area contributed by atoms with Crippen molar-refractivity contribution in [3.63, 3.8) is 0 Å². The maximum atomic E-state index is 12.1. The fourth-order valence-corrected chi connectivity index (χ4v) is 3.58. The largest absolute Gasteiger partial charge is 0.385 e. The Morgan fingerprint density at radius 2 is 1.95 bits per heavy atom. The third-order valence-corrected chi connectivity index (χ3v) is 5.08. The van der Waals surface area contributed by atoms with Crippen molar-refractivity contribution in [3.05, 3.63) is 0 Å². The molecule has 1 heterocycles. The Kier molecular flexibility index (Phi) is 7.86. The fraction of sp³-hybridized carbons (Fsp3) is 1.00. The molecule has 0 unspecified atom stereocenters. The van der Waals surface area contributed by atoms with Crippen molar-refractivity contribution < 1.29 is 13.2 Å². The second-order valence-electron chi connectivity index (χ2n) is 5.00. The number of ether oxygens (including phenoxy) is 1. The summed E-state index contributed by atoms with van der Waals surface area (Å²) < 4.78 is 33.3. The first kappa shape index (κ1) is 16.8. The number of hydrogen-bond acceptors (Lipinski definition) is 4. The lowest BCUT2D eigenvalue weighted by molar-refractivity contribution is 0.193. The number of nitrogens with one attached hydrogen (secondary N) is 2. The van der Waals surface area contributed by atoms with Gasteiger partial charge in [0.05, 0.1) is 0 Å². The first-order valence-electron chi connectivity index (χ1n) is 6.98. The van der Waals surface area contributed by atoms with E-state index in [1.54, 1.807) is 11.4 Å². The zero-order chi connectivity index (χ0) is 14.1. The molecule has 2 N–H and O–H groups in total. The van der Waals surface area contributed by atoms with Gasteiger partial charge in [0, 0.05) is 33.4 Å². The number of unbranched alkanes of at least 4 members (excludes halogenated alkanes) is 1. The summed E-state index contributed by atoms with van der Waals surface area (Å²) in [5.74, 6) is 0.596. The molecular weight excluding hydrogens is 266 g/mol. The van der Waals surface area contributed by atoms with Gasteiger partial charge in [-0.15, -0.1) is 0 Å². The number of methoxy groups -OCH3 is 1. The number of nitrogens with zero attached hydrogens (tertiary/aromatic N) is 1. The zero-order valence-electron chi connectivity index (χ0n) is 12.0. The topological polar surface area (TPSA) is 70.7 Å². The van der Waals surface area contributed by atoms with E-state index in [4.69, 9.17) is 4.74 Å². The number of rotatable bonds is 9. The van der Waals surface area contributed by atoms with Gasteiger partial charge < -0.3 is 10.1 Å². The lowest BCUT2D eigenvalue weighted by Gasteiger charge is -2.31. The van der Waals surface area contributed by atoms with Crippen LogP contribution in [0.25, 0.3) is 0 Å². The molecule has 0 radical (unpaired) electrons. The molecule has 7 heteroatoms. The fourth-order valence-electron chi connectivity index (χ4n) is 2.31. The van der Waals surface area contributed by atoms with E-state index in [2.05, 4.69) is 10.0 Å². The normalized spacial score (nSPS) is 18.8. The van der Waals surface area contributed by atoms with Crippen LogP contribution < -0.4 is 10.0 Å². The van der Waals surface area contributed by atoms with Gasteiger partial charge in [-0.2, -0.15) is 12.7 Å². The van der Waals surface area contributed by atoms with Crippen LogP contribution in [0.4, 0.5) is 0 Å². The van der Waals surface area contributed by atoms with Crippen molar-refractivity contribution in [2.75, 3.05) is 46.9 Å². The maximum Gasteiger partial charge on any atom is 0.279 e. The van der Waals surface area contributed by atoms with E-state index >= 15 is 0 Å². The first-order chi connectivity index (χ1) is 9.10. The maximum absolute atomic E-state index is 12.1. The number of piperidine rings is 1. The van der Waals surface area contributed by atoms with E-state index in [0.29, 0.717) is 32.2 Å². The van der Waals surface area contributed by atoms with Crippen LogP contribution in [0.15, 0.2) is 0 Å². The molecule has 0 spiro atoms. The van der Waals surface area contributed by atoms with Gasteiger partial charge in [0.1, 0.15) is 0 Å². The Balaban J connectivity index is 2.26. The second-order valence-corrected chi connectivity index (χ2v) is 6.75. The molecule has 0 aliphatic carbocycles. The minimum absolute atomic E-state index is 0.488. The van der Waals surface area contributed by atoms with E-state index in [9.17, 15) is 8.42 Å². The SMILES string of the molecule is CNCC1CCN(S(=O)(=O)NCCCCOC)CC1. The third kappa shape index (κ3) is 6.18. The van der Waals surface area contributed by atoms with Gasteiger partial charge in [0.25, 0.3) is 10.2 Å². The lowest BCUT2D eigenvalue weighted by atomic mass is 9.98. The smallest absolute Gasteiger partial charge is 0.279 e.